The van der Waals surface area contributed by atoms with E-state index in [2.05, 4.69) is 55.5 Å². The number of ether oxygens (including phenoxy) is 1. The van der Waals surface area contributed by atoms with Crippen molar-refractivity contribution in [2.45, 2.75) is 26.7 Å². The molecule has 1 aliphatic rings. The van der Waals surface area contributed by atoms with Gasteiger partial charge in [-0.3, -0.25) is 0 Å². The van der Waals surface area contributed by atoms with Crippen LogP contribution in [0.15, 0.2) is 60.7 Å². The van der Waals surface area contributed by atoms with E-state index in [1.807, 2.05) is 13.0 Å². The first kappa shape index (κ1) is 17.8. The van der Waals surface area contributed by atoms with E-state index < -0.39 is 0 Å². The molecule has 1 aliphatic carbocycles. The third-order valence-corrected chi connectivity index (χ3v) is 6.21. The average molecular weight is 380 g/mol. The van der Waals surface area contributed by atoms with Gasteiger partial charge in [0.2, 0.25) is 0 Å². The van der Waals surface area contributed by atoms with Gasteiger partial charge in [0.1, 0.15) is 11.5 Å². The van der Waals surface area contributed by atoms with Crippen LogP contribution in [0.5, 0.6) is 11.5 Å². The predicted octanol–water partition coefficient (Wildman–Crippen LogP) is 6.60. The van der Waals surface area contributed by atoms with Gasteiger partial charge >= 0.3 is 0 Å². The molecular formula is C27H24O2. The maximum atomic E-state index is 10.0. The number of aryl methyl sites for hydroxylation is 4. The van der Waals surface area contributed by atoms with Crippen LogP contribution in [-0.4, -0.2) is 12.2 Å². The largest absolute Gasteiger partial charge is 0.508 e. The summed E-state index contributed by atoms with van der Waals surface area (Å²) in [5, 5.41) is 12.7. The molecule has 29 heavy (non-hydrogen) atoms. The second kappa shape index (κ2) is 6.66. The molecular weight excluding hydrogens is 356 g/mol. The lowest BCUT2D eigenvalue weighted by Gasteiger charge is -2.16. The molecule has 0 bridgehead atoms. The lowest BCUT2D eigenvalue weighted by molar-refractivity contribution is 0.412. The van der Waals surface area contributed by atoms with Crippen LogP contribution in [0.4, 0.5) is 0 Å². The van der Waals surface area contributed by atoms with Crippen molar-refractivity contribution < 1.29 is 9.84 Å². The van der Waals surface area contributed by atoms with Gasteiger partial charge in [0.15, 0.2) is 0 Å². The topological polar surface area (TPSA) is 29.5 Å². The van der Waals surface area contributed by atoms with Gasteiger partial charge < -0.3 is 9.84 Å². The van der Waals surface area contributed by atoms with E-state index in [1.54, 1.807) is 13.2 Å². The highest BCUT2D eigenvalue weighted by molar-refractivity contribution is 6.10. The molecule has 0 fully saturated rings. The molecule has 0 heterocycles. The van der Waals surface area contributed by atoms with Crippen LogP contribution in [0.3, 0.4) is 0 Å². The molecule has 0 aromatic heterocycles. The summed E-state index contributed by atoms with van der Waals surface area (Å²) in [6.07, 6.45) is 2.21. The number of hydrogen-bond donors (Lipinski definition) is 1. The highest BCUT2D eigenvalue weighted by Gasteiger charge is 2.20. The van der Waals surface area contributed by atoms with Crippen LogP contribution in [0.25, 0.3) is 33.0 Å². The van der Waals surface area contributed by atoms with Gasteiger partial charge in [-0.2, -0.15) is 0 Å². The summed E-state index contributed by atoms with van der Waals surface area (Å²) in [5.41, 5.74) is 9.71. The van der Waals surface area contributed by atoms with Gasteiger partial charge in [0, 0.05) is 0 Å². The maximum Gasteiger partial charge on any atom is 0.121 e. The number of aromatic hydroxyl groups is 1. The van der Waals surface area contributed by atoms with Crippen molar-refractivity contribution in [2.24, 2.45) is 0 Å². The maximum absolute atomic E-state index is 10.0. The van der Waals surface area contributed by atoms with Gasteiger partial charge in [0.05, 0.1) is 7.11 Å². The zero-order valence-electron chi connectivity index (χ0n) is 17.0. The zero-order valence-corrected chi connectivity index (χ0v) is 17.0. The number of hydrogen-bond acceptors (Lipinski definition) is 2. The Hall–Kier alpha value is -3.26. The Kier molecular flexibility index (Phi) is 4.09. The monoisotopic (exact) mass is 380 g/mol. The molecule has 144 valence electrons. The number of methoxy groups -OCH3 is 1. The molecule has 5 rings (SSSR count). The van der Waals surface area contributed by atoms with E-state index in [-0.39, 0.29) is 0 Å². The average Bonchev–Trinajstić information content (AvgIpc) is 3.15. The Morgan fingerprint density at radius 1 is 0.690 bits per heavy atom. The van der Waals surface area contributed by atoms with Crippen LogP contribution < -0.4 is 4.74 Å². The van der Waals surface area contributed by atoms with Crippen LogP contribution in [0, 0.1) is 13.8 Å². The Bertz CT molecular complexity index is 1260. The number of phenolic OH excluding ortho intramolecular Hbond substituents is 1. The highest BCUT2D eigenvalue weighted by atomic mass is 16.5. The van der Waals surface area contributed by atoms with Crippen LogP contribution in [0.1, 0.15) is 22.3 Å². The molecule has 2 nitrogen and oxygen atoms in total. The fourth-order valence-corrected chi connectivity index (χ4v) is 4.68. The van der Waals surface area contributed by atoms with E-state index in [4.69, 9.17) is 4.74 Å². The van der Waals surface area contributed by atoms with Crippen molar-refractivity contribution in [3.8, 4) is 33.8 Å². The van der Waals surface area contributed by atoms with Gasteiger partial charge in [0.25, 0.3) is 0 Å². The third-order valence-electron chi connectivity index (χ3n) is 6.21. The number of phenols is 1. The third kappa shape index (κ3) is 2.79. The highest BCUT2D eigenvalue weighted by Crippen LogP contribution is 2.43. The molecule has 0 radical (unpaired) electrons. The van der Waals surface area contributed by atoms with Crippen molar-refractivity contribution in [1.82, 2.24) is 0 Å². The molecule has 0 unspecified atom stereocenters. The Balaban J connectivity index is 1.84. The summed E-state index contributed by atoms with van der Waals surface area (Å²) in [6.45, 7) is 4.04. The minimum atomic E-state index is 0.339. The van der Waals surface area contributed by atoms with Crippen molar-refractivity contribution in [3.05, 3.63) is 82.9 Å². The Labute approximate surface area is 171 Å². The summed E-state index contributed by atoms with van der Waals surface area (Å²) in [6, 6.07) is 21.4. The minimum Gasteiger partial charge on any atom is -0.508 e. The molecule has 0 amide bonds. The fourth-order valence-electron chi connectivity index (χ4n) is 4.68. The zero-order chi connectivity index (χ0) is 20.1. The van der Waals surface area contributed by atoms with Crippen LogP contribution in [0.2, 0.25) is 0 Å². The van der Waals surface area contributed by atoms with Gasteiger partial charge in [-0.05, 0) is 106 Å². The summed E-state index contributed by atoms with van der Waals surface area (Å²) in [5.74, 6) is 1.25. The first-order valence-electron chi connectivity index (χ1n) is 10.1. The van der Waals surface area contributed by atoms with Crippen LogP contribution in [-0.2, 0) is 12.8 Å². The molecule has 4 aromatic carbocycles. The van der Waals surface area contributed by atoms with Crippen molar-refractivity contribution >= 4 is 10.8 Å². The summed E-state index contributed by atoms with van der Waals surface area (Å²) >= 11 is 0. The van der Waals surface area contributed by atoms with Crippen molar-refractivity contribution in [1.29, 1.82) is 0 Å². The minimum absolute atomic E-state index is 0.339. The Morgan fingerprint density at radius 2 is 1.28 bits per heavy atom. The van der Waals surface area contributed by atoms with E-state index in [1.165, 1.54) is 38.6 Å². The summed E-state index contributed by atoms with van der Waals surface area (Å²) in [7, 11) is 1.71. The number of benzene rings is 4. The second-order valence-corrected chi connectivity index (χ2v) is 7.98. The summed E-state index contributed by atoms with van der Waals surface area (Å²) < 4.78 is 5.47. The first-order valence-corrected chi connectivity index (χ1v) is 10.1. The van der Waals surface area contributed by atoms with Crippen molar-refractivity contribution in [2.75, 3.05) is 7.11 Å². The van der Waals surface area contributed by atoms with E-state index in [0.29, 0.717) is 5.75 Å². The Morgan fingerprint density at radius 3 is 1.83 bits per heavy atom. The molecule has 0 saturated heterocycles. The second-order valence-electron chi connectivity index (χ2n) is 7.98. The molecule has 0 spiro atoms. The molecule has 0 saturated carbocycles. The fraction of sp³-hybridized carbons (Fsp3) is 0.185. The van der Waals surface area contributed by atoms with Gasteiger partial charge in [-0.25, -0.2) is 0 Å². The van der Waals surface area contributed by atoms with Crippen LogP contribution >= 0.6 is 0 Å². The number of rotatable bonds is 3. The SMILES string of the molecule is COc1ccc(-c2ccc3c4c(ccc(-c5ccc(O)c(C)c5)c24)CC3)cc1C. The standard InChI is InChI=1S/C27H24O2/c1-16-14-20(8-12-24(16)28)22-10-6-18-4-5-19-7-11-23(27(22)26(18)19)21-9-13-25(29-3)17(2)15-21/h6-15,28H,4-5H2,1-3H3. The molecule has 4 aromatic rings. The quantitative estimate of drug-likeness (QED) is 0.434. The first-order chi connectivity index (χ1) is 14.1. The van der Waals surface area contributed by atoms with E-state index in [0.717, 1.165) is 35.3 Å². The van der Waals surface area contributed by atoms with E-state index >= 15 is 0 Å². The van der Waals surface area contributed by atoms with Gasteiger partial charge in [-0.15, -0.1) is 0 Å². The van der Waals surface area contributed by atoms with Crippen molar-refractivity contribution in [3.63, 3.8) is 0 Å². The lowest BCUT2D eigenvalue weighted by atomic mass is 9.88. The lowest BCUT2D eigenvalue weighted by Crippen LogP contribution is -1.92. The molecule has 1 N–H and O–H groups in total. The molecule has 0 aliphatic heterocycles. The van der Waals surface area contributed by atoms with E-state index in [9.17, 15) is 5.11 Å². The molecule has 0 atom stereocenters. The molecule has 2 heteroatoms. The normalized spacial score (nSPS) is 12.5. The smallest absolute Gasteiger partial charge is 0.121 e. The predicted molar refractivity (Wildman–Crippen MR) is 120 cm³/mol. The van der Waals surface area contributed by atoms with Gasteiger partial charge in [-0.1, -0.05) is 36.4 Å². The summed E-state index contributed by atoms with van der Waals surface area (Å²) in [4.78, 5) is 0.